The largest absolute Gasteiger partial charge is 0.309 e. The summed E-state index contributed by atoms with van der Waals surface area (Å²) in [5.74, 6) is 0. The Balaban J connectivity index is 5.66. The Morgan fingerprint density at radius 3 is 1.02 bits per heavy atom. The molecule has 0 aromatic carbocycles. The Hall–Kier alpha value is -0.280. The minimum absolute atomic E-state index is 0.155. The number of hydrogen-bond acceptors (Lipinski definition) is 7. The van der Waals surface area contributed by atoms with E-state index in [2.05, 4.69) is 139 Å². The topological polar surface area (TPSA) is 22.7 Å². The lowest BCUT2D eigenvalue weighted by Crippen LogP contribution is -2.53. The van der Waals surface area contributed by atoms with Gasteiger partial charge < -0.3 is 19.6 Å². The molecule has 0 bridgehead atoms. The lowest BCUT2D eigenvalue weighted by molar-refractivity contribution is 0.0410. The molecule has 7 nitrogen and oxygen atoms in total. The third-order valence-electron chi connectivity index (χ3n) is 9.33. The Morgan fingerprint density at radius 2 is 0.714 bits per heavy atom. The molecule has 0 saturated carbocycles. The highest BCUT2D eigenvalue weighted by atomic mass is 15.3. The molecule has 0 heterocycles. The van der Waals surface area contributed by atoms with Crippen LogP contribution in [0.3, 0.4) is 0 Å². The van der Waals surface area contributed by atoms with Crippen molar-refractivity contribution in [1.82, 2.24) is 34.3 Å². The molecule has 0 rings (SSSR count). The smallest absolute Gasteiger partial charge is 0.0165 e. The molecule has 0 amide bonds. The molecule has 0 fully saturated rings. The van der Waals surface area contributed by atoms with E-state index in [1.165, 1.54) is 45.2 Å². The maximum Gasteiger partial charge on any atom is 0.0165 e. The molecule has 254 valence electrons. The maximum absolute atomic E-state index is 2.83. The van der Waals surface area contributed by atoms with Crippen LogP contribution in [0.4, 0.5) is 0 Å². The van der Waals surface area contributed by atoms with Crippen molar-refractivity contribution in [3.05, 3.63) is 0 Å². The molecule has 0 atom stereocenters. The first-order chi connectivity index (χ1) is 19.4. The lowest BCUT2D eigenvalue weighted by Gasteiger charge is -2.45. The van der Waals surface area contributed by atoms with E-state index in [0.29, 0.717) is 0 Å². The Kier molecular flexibility index (Phi) is 20.6. The molecule has 42 heavy (non-hydrogen) atoms. The van der Waals surface area contributed by atoms with Crippen molar-refractivity contribution in [3.63, 3.8) is 0 Å². The van der Waals surface area contributed by atoms with Crippen LogP contribution >= 0.6 is 0 Å². The van der Waals surface area contributed by atoms with Crippen LogP contribution in [0.2, 0.25) is 0 Å². The van der Waals surface area contributed by atoms with Gasteiger partial charge in [0.05, 0.1) is 0 Å². The van der Waals surface area contributed by atoms with Gasteiger partial charge in [-0.05, 0) is 175 Å². The molecule has 0 saturated heterocycles. The van der Waals surface area contributed by atoms with Gasteiger partial charge in [-0.3, -0.25) is 14.7 Å². The second-order valence-electron chi connectivity index (χ2n) is 15.8. The summed E-state index contributed by atoms with van der Waals surface area (Å²) in [4.78, 5) is 17.9. The van der Waals surface area contributed by atoms with E-state index >= 15 is 0 Å². The van der Waals surface area contributed by atoms with Crippen LogP contribution in [-0.4, -0.2) is 172 Å². The number of nitrogens with zero attached hydrogens (tertiary/aromatic N) is 7. The number of rotatable bonds is 25. The zero-order valence-corrected chi connectivity index (χ0v) is 31.7. The van der Waals surface area contributed by atoms with Gasteiger partial charge in [0.15, 0.2) is 0 Å². The highest BCUT2D eigenvalue weighted by Gasteiger charge is 2.32. The molecule has 0 aromatic heterocycles. The molecule has 0 radical (unpaired) electrons. The van der Waals surface area contributed by atoms with Crippen LogP contribution in [0.1, 0.15) is 94.4 Å². The van der Waals surface area contributed by atoms with Crippen molar-refractivity contribution in [2.45, 2.75) is 111 Å². The predicted molar refractivity (Wildman–Crippen MR) is 189 cm³/mol. The van der Waals surface area contributed by atoms with Crippen LogP contribution in [0.5, 0.6) is 0 Å². The molecular weight excluding hydrogens is 518 g/mol. The lowest BCUT2D eigenvalue weighted by atomic mass is 9.92. The fourth-order valence-corrected chi connectivity index (χ4v) is 5.89. The molecule has 0 aromatic rings. The van der Waals surface area contributed by atoms with E-state index in [1.54, 1.807) is 0 Å². The van der Waals surface area contributed by atoms with E-state index in [-0.39, 0.29) is 16.6 Å². The van der Waals surface area contributed by atoms with E-state index in [4.69, 9.17) is 0 Å². The zero-order valence-electron chi connectivity index (χ0n) is 31.7. The van der Waals surface area contributed by atoms with Gasteiger partial charge in [0.2, 0.25) is 0 Å². The summed E-state index contributed by atoms with van der Waals surface area (Å²) in [7, 11) is 13.2. The average molecular weight is 598 g/mol. The van der Waals surface area contributed by atoms with Gasteiger partial charge in [-0.25, -0.2) is 0 Å². The van der Waals surface area contributed by atoms with Crippen molar-refractivity contribution >= 4 is 0 Å². The highest BCUT2D eigenvalue weighted by molar-refractivity contribution is 4.89. The fraction of sp³-hybridized carbons (Fsp3) is 1.00. The van der Waals surface area contributed by atoms with Crippen LogP contribution in [0.15, 0.2) is 0 Å². The highest BCUT2D eigenvalue weighted by Crippen LogP contribution is 2.27. The first-order valence-corrected chi connectivity index (χ1v) is 17.3. The summed E-state index contributed by atoms with van der Waals surface area (Å²) >= 11 is 0. The quantitative estimate of drug-likeness (QED) is 0.142. The van der Waals surface area contributed by atoms with Crippen molar-refractivity contribution in [2.75, 3.05) is 121 Å². The van der Waals surface area contributed by atoms with Crippen molar-refractivity contribution in [3.8, 4) is 0 Å². The SMILES string of the molecule is CCN(CC)CCN(CCC(C)(C)N(CCCN(C)C)CCC(C)(C)N(CCCN(C)C)CCCN(C)C)C(C)(C)C. The second-order valence-corrected chi connectivity index (χ2v) is 15.8. The maximum atomic E-state index is 2.83. The van der Waals surface area contributed by atoms with Gasteiger partial charge in [-0.2, -0.15) is 0 Å². The normalized spacial score (nSPS) is 13.9. The van der Waals surface area contributed by atoms with E-state index in [9.17, 15) is 0 Å². The third kappa shape index (κ3) is 18.5. The van der Waals surface area contributed by atoms with Gasteiger partial charge in [0.1, 0.15) is 0 Å². The van der Waals surface area contributed by atoms with Crippen LogP contribution in [0, 0.1) is 0 Å². The van der Waals surface area contributed by atoms with Gasteiger partial charge in [-0.1, -0.05) is 13.8 Å². The molecule has 0 spiro atoms. The molecule has 0 unspecified atom stereocenters. The molecule has 7 heteroatoms. The first kappa shape index (κ1) is 41.7. The number of likely N-dealkylation sites (N-methyl/N-ethyl adjacent to an activating group) is 1. The molecular formula is C35H79N7. The summed E-state index contributed by atoms with van der Waals surface area (Å²) in [5.41, 5.74) is 0.512. The Morgan fingerprint density at radius 1 is 0.381 bits per heavy atom. The standard InChI is InChI=1S/C35H79N7/c1-16-39(17-2)31-32-40(33(3,4)5)29-21-35(8,9)42(28-20-25-38(14)15)30-22-34(6,7)41(26-18-23-36(10)11)27-19-24-37(12)13/h16-32H2,1-15H3. The van der Waals surface area contributed by atoms with E-state index < -0.39 is 0 Å². The van der Waals surface area contributed by atoms with Crippen molar-refractivity contribution < 1.29 is 0 Å². The third-order valence-corrected chi connectivity index (χ3v) is 9.33. The Labute approximate surface area is 265 Å². The molecule has 0 aliphatic carbocycles. The van der Waals surface area contributed by atoms with E-state index in [0.717, 1.165) is 65.4 Å². The molecule has 0 aliphatic heterocycles. The summed E-state index contributed by atoms with van der Waals surface area (Å²) in [5, 5.41) is 0. The summed E-state index contributed by atoms with van der Waals surface area (Å²) in [6.45, 7) is 35.6. The van der Waals surface area contributed by atoms with Crippen LogP contribution in [-0.2, 0) is 0 Å². The minimum Gasteiger partial charge on any atom is -0.309 e. The average Bonchev–Trinajstić information content (AvgIpc) is 2.85. The molecule has 0 N–H and O–H groups in total. The van der Waals surface area contributed by atoms with Gasteiger partial charge in [-0.15, -0.1) is 0 Å². The monoisotopic (exact) mass is 598 g/mol. The summed E-state index contributed by atoms with van der Waals surface area (Å²) in [6.07, 6.45) is 6.07. The second kappa shape index (κ2) is 20.7. The Bertz CT molecular complexity index is 636. The minimum atomic E-state index is 0.155. The van der Waals surface area contributed by atoms with Gasteiger partial charge in [0, 0.05) is 42.8 Å². The predicted octanol–water partition coefficient (Wildman–Crippen LogP) is 5.23. The van der Waals surface area contributed by atoms with Gasteiger partial charge in [0.25, 0.3) is 0 Å². The summed E-state index contributed by atoms with van der Waals surface area (Å²) in [6, 6.07) is 0. The van der Waals surface area contributed by atoms with Crippen LogP contribution in [0.25, 0.3) is 0 Å². The fourth-order valence-electron chi connectivity index (χ4n) is 5.89. The molecule has 0 aliphatic rings. The van der Waals surface area contributed by atoms with Crippen molar-refractivity contribution in [2.24, 2.45) is 0 Å². The van der Waals surface area contributed by atoms with Crippen molar-refractivity contribution in [1.29, 1.82) is 0 Å². The first-order valence-electron chi connectivity index (χ1n) is 17.3. The van der Waals surface area contributed by atoms with Gasteiger partial charge >= 0.3 is 0 Å². The van der Waals surface area contributed by atoms with Crippen LogP contribution < -0.4 is 0 Å². The van der Waals surface area contributed by atoms with E-state index in [1.807, 2.05) is 0 Å². The zero-order chi connectivity index (χ0) is 32.6. The number of hydrogen-bond donors (Lipinski definition) is 0. The summed E-state index contributed by atoms with van der Waals surface area (Å²) < 4.78 is 0.